The first-order valence-corrected chi connectivity index (χ1v) is 21.0. The van der Waals surface area contributed by atoms with Crippen LogP contribution in [0.5, 0.6) is 0 Å². The van der Waals surface area contributed by atoms with Crippen molar-refractivity contribution in [2.24, 2.45) is 0 Å². The fourth-order valence-electron chi connectivity index (χ4n) is 10.9. The Morgan fingerprint density at radius 1 is 0.383 bits per heavy atom. The molecule has 2 aliphatic carbocycles. The maximum absolute atomic E-state index is 5.20. The number of benzene rings is 9. The van der Waals surface area contributed by atoms with Gasteiger partial charge in [0.1, 0.15) is 5.65 Å². The highest BCUT2D eigenvalue weighted by atomic mass is 15.0. The molecule has 280 valence electrons. The molecule has 2 heterocycles. The molecule has 11 aromatic rings. The van der Waals surface area contributed by atoms with E-state index in [0.717, 1.165) is 28.2 Å². The lowest BCUT2D eigenvalue weighted by Crippen LogP contribution is -2.14. The van der Waals surface area contributed by atoms with Crippen molar-refractivity contribution < 1.29 is 0 Å². The third-order valence-corrected chi connectivity index (χ3v) is 13.6. The van der Waals surface area contributed by atoms with Crippen LogP contribution in [-0.2, 0) is 5.41 Å². The molecule has 13 rings (SSSR count). The van der Waals surface area contributed by atoms with Crippen LogP contribution >= 0.6 is 0 Å². The second-order valence-corrected chi connectivity index (χ2v) is 17.0. The van der Waals surface area contributed by atoms with Gasteiger partial charge in [-0.25, -0.2) is 4.98 Å². The Kier molecular flexibility index (Phi) is 6.82. The molecule has 0 atom stereocenters. The maximum atomic E-state index is 5.20. The molecular formula is C58H38N2. The number of nitrogens with zero attached hydrogens (tertiary/aromatic N) is 2. The highest BCUT2D eigenvalue weighted by Gasteiger charge is 2.36. The topological polar surface area (TPSA) is 17.3 Å². The van der Waals surface area contributed by atoms with Crippen LogP contribution in [0.15, 0.2) is 194 Å². The van der Waals surface area contributed by atoms with Crippen molar-refractivity contribution in [3.8, 4) is 78.1 Å². The van der Waals surface area contributed by atoms with Gasteiger partial charge in [-0.05, 0) is 123 Å². The predicted molar refractivity (Wildman–Crippen MR) is 251 cm³/mol. The molecule has 0 saturated carbocycles. The largest absolute Gasteiger partial charge is 0.299 e. The predicted octanol–water partition coefficient (Wildman–Crippen LogP) is 15.4. The Morgan fingerprint density at radius 2 is 0.983 bits per heavy atom. The summed E-state index contributed by atoms with van der Waals surface area (Å²) >= 11 is 0. The van der Waals surface area contributed by atoms with E-state index in [1.807, 2.05) is 0 Å². The minimum Gasteiger partial charge on any atom is -0.299 e. The van der Waals surface area contributed by atoms with Gasteiger partial charge < -0.3 is 0 Å². The monoisotopic (exact) mass is 762 g/mol. The van der Waals surface area contributed by atoms with Crippen molar-refractivity contribution in [1.82, 2.24) is 9.38 Å². The lowest BCUT2D eigenvalue weighted by Gasteiger charge is -2.24. The first-order valence-electron chi connectivity index (χ1n) is 21.0. The van der Waals surface area contributed by atoms with E-state index < -0.39 is 0 Å². The van der Waals surface area contributed by atoms with Crippen molar-refractivity contribution >= 4 is 38.0 Å². The van der Waals surface area contributed by atoms with Crippen LogP contribution in [0.4, 0.5) is 0 Å². The second-order valence-electron chi connectivity index (χ2n) is 17.0. The molecule has 0 radical (unpaired) electrons. The molecule has 60 heavy (non-hydrogen) atoms. The Morgan fingerprint density at radius 3 is 1.78 bits per heavy atom. The standard InChI is InChI=1S/C58H38N2/c1-58(2)50-24-11-10-19-40(50)47-33-48-49(34-51(47)58)53(35-26-28-36(29-27-35)56-57(37-15-4-3-5-16-37)60-32-13-12-25-52(60)59-56)42-20-8-9-21-43(42)55(48)46-31-30-45-39-18-7-6-17-38(39)41-22-14-23-44(46)54(41)45/h3-34H,1-2H3. The smallest absolute Gasteiger partial charge is 0.137 e. The van der Waals surface area contributed by atoms with Gasteiger partial charge in [-0.2, -0.15) is 0 Å². The summed E-state index contributed by atoms with van der Waals surface area (Å²) in [7, 11) is 0. The summed E-state index contributed by atoms with van der Waals surface area (Å²) in [4.78, 5) is 5.20. The lowest BCUT2D eigenvalue weighted by atomic mass is 9.79. The molecule has 0 aliphatic heterocycles. The molecule has 2 heteroatoms. The summed E-state index contributed by atoms with van der Waals surface area (Å²) in [6.45, 7) is 4.78. The Hall–Kier alpha value is -7.55. The lowest BCUT2D eigenvalue weighted by molar-refractivity contribution is 0.661. The zero-order chi connectivity index (χ0) is 39.7. The average molecular weight is 763 g/mol. The third kappa shape index (κ3) is 4.51. The summed E-state index contributed by atoms with van der Waals surface area (Å²) in [5, 5.41) is 7.72. The van der Waals surface area contributed by atoms with Gasteiger partial charge in [0.2, 0.25) is 0 Å². The van der Waals surface area contributed by atoms with Crippen LogP contribution in [0.3, 0.4) is 0 Å². The number of hydrogen-bond acceptors (Lipinski definition) is 1. The minimum absolute atomic E-state index is 0.141. The van der Waals surface area contributed by atoms with Gasteiger partial charge in [-0.1, -0.05) is 178 Å². The van der Waals surface area contributed by atoms with Crippen LogP contribution in [0.1, 0.15) is 25.0 Å². The van der Waals surface area contributed by atoms with Gasteiger partial charge in [0.05, 0.1) is 11.4 Å². The quantitative estimate of drug-likeness (QED) is 0.163. The summed E-state index contributed by atoms with van der Waals surface area (Å²) in [6.07, 6.45) is 2.11. The molecule has 0 amide bonds. The molecular weight excluding hydrogens is 725 g/mol. The first-order chi connectivity index (χ1) is 29.5. The van der Waals surface area contributed by atoms with E-state index >= 15 is 0 Å². The van der Waals surface area contributed by atoms with Gasteiger partial charge in [0.25, 0.3) is 0 Å². The van der Waals surface area contributed by atoms with Gasteiger partial charge in [-0.3, -0.25) is 4.40 Å². The summed E-state index contributed by atoms with van der Waals surface area (Å²) < 4.78 is 2.21. The average Bonchev–Trinajstić information content (AvgIpc) is 3.92. The van der Waals surface area contributed by atoms with E-state index in [4.69, 9.17) is 4.98 Å². The van der Waals surface area contributed by atoms with Crippen LogP contribution in [0.25, 0.3) is 116 Å². The number of imidazole rings is 1. The van der Waals surface area contributed by atoms with Gasteiger partial charge >= 0.3 is 0 Å². The summed E-state index contributed by atoms with van der Waals surface area (Å²) in [5.74, 6) is 0. The Balaban J connectivity index is 1.10. The third-order valence-electron chi connectivity index (χ3n) is 13.6. The molecule has 2 nitrogen and oxygen atoms in total. The number of rotatable bonds is 4. The molecule has 2 aliphatic rings. The number of pyridine rings is 1. The Labute approximate surface area is 348 Å². The Bertz CT molecular complexity index is 3580. The number of hydrogen-bond donors (Lipinski definition) is 0. The van der Waals surface area contributed by atoms with Crippen molar-refractivity contribution in [3.63, 3.8) is 0 Å². The molecule has 0 saturated heterocycles. The SMILES string of the molecule is CC1(C)c2ccccc2-c2cc3c(-c4ccc5c6c(cccc46)-c4ccccc4-5)c4ccccc4c(-c4ccc(-c5nc6ccccn6c5-c5ccccc5)cc4)c3cc21. The highest BCUT2D eigenvalue weighted by molar-refractivity contribution is 6.27. The number of fused-ring (bicyclic) bond motifs is 9. The minimum atomic E-state index is -0.141. The fraction of sp³-hybridized carbons (Fsp3) is 0.0517. The highest BCUT2D eigenvalue weighted by Crippen LogP contribution is 2.55. The molecule has 0 unspecified atom stereocenters. The summed E-state index contributed by atoms with van der Waals surface area (Å²) in [5.41, 5.74) is 20.9. The van der Waals surface area contributed by atoms with Gasteiger partial charge in [0, 0.05) is 22.7 Å². The molecule has 9 aromatic carbocycles. The van der Waals surface area contributed by atoms with Gasteiger partial charge in [-0.15, -0.1) is 0 Å². The van der Waals surface area contributed by atoms with E-state index in [1.165, 1.54) is 99.1 Å². The van der Waals surface area contributed by atoms with Crippen LogP contribution in [0, 0.1) is 0 Å². The van der Waals surface area contributed by atoms with E-state index in [-0.39, 0.29) is 5.41 Å². The summed E-state index contributed by atoms with van der Waals surface area (Å²) in [6, 6.07) is 69.7. The van der Waals surface area contributed by atoms with Crippen molar-refractivity contribution in [3.05, 3.63) is 205 Å². The van der Waals surface area contributed by atoms with Crippen LogP contribution in [0.2, 0.25) is 0 Å². The van der Waals surface area contributed by atoms with Crippen molar-refractivity contribution in [1.29, 1.82) is 0 Å². The van der Waals surface area contributed by atoms with Crippen molar-refractivity contribution in [2.45, 2.75) is 19.3 Å². The normalized spacial score (nSPS) is 13.3. The number of aromatic nitrogens is 2. The molecule has 0 fully saturated rings. The zero-order valence-electron chi connectivity index (χ0n) is 33.4. The van der Waals surface area contributed by atoms with E-state index in [0.29, 0.717) is 0 Å². The molecule has 0 bridgehead atoms. The van der Waals surface area contributed by atoms with Crippen LogP contribution < -0.4 is 0 Å². The molecule has 0 spiro atoms. The molecule has 0 N–H and O–H groups in total. The second kappa shape index (κ2) is 12.2. The molecule has 2 aromatic heterocycles. The first kappa shape index (κ1) is 33.4. The fourth-order valence-corrected chi connectivity index (χ4v) is 10.9. The van der Waals surface area contributed by atoms with E-state index in [2.05, 4.69) is 213 Å². The maximum Gasteiger partial charge on any atom is 0.137 e. The zero-order valence-corrected chi connectivity index (χ0v) is 33.4. The van der Waals surface area contributed by atoms with E-state index in [1.54, 1.807) is 0 Å². The van der Waals surface area contributed by atoms with Crippen LogP contribution in [-0.4, -0.2) is 9.38 Å². The van der Waals surface area contributed by atoms with E-state index in [9.17, 15) is 0 Å². The van der Waals surface area contributed by atoms with Crippen molar-refractivity contribution in [2.75, 3.05) is 0 Å². The van der Waals surface area contributed by atoms with Gasteiger partial charge in [0.15, 0.2) is 0 Å².